The normalized spacial score (nSPS) is 16.6. The van der Waals surface area contributed by atoms with E-state index in [1.165, 1.54) is 11.6 Å². The van der Waals surface area contributed by atoms with Crippen LogP contribution in [0, 0.1) is 5.82 Å². The Morgan fingerprint density at radius 3 is 2.30 bits per heavy atom. The van der Waals surface area contributed by atoms with Gasteiger partial charge in [0.05, 0.1) is 17.3 Å². The fraction of sp³-hybridized carbons (Fsp3) is 0.435. The molecule has 6 nitrogen and oxygen atoms in total. The van der Waals surface area contributed by atoms with Gasteiger partial charge in [-0.15, -0.1) is 5.10 Å². The maximum Gasteiger partial charge on any atom is 0.173 e. The van der Waals surface area contributed by atoms with Crippen molar-refractivity contribution in [3.63, 3.8) is 0 Å². The Morgan fingerprint density at radius 1 is 0.967 bits per heavy atom. The number of tetrazole rings is 1. The van der Waals surface area contributed by atoms with Crippen molar-refractivity contribution in [3.05, 3.63) is 71.8 Å². The van der Waals surface area contributed by atoms with Gasteiger partial charge in [0.25, 0.3) is 0 Å². The monoisotopic (exact) mass is 408 g/mol. The second-order valence-electron chi connectivity index (χ2n) is 8.40. The molecule has 0 saturated carbocycles. The molecule has 0 amide bonds. The molecule has 2 aromatic carbocycles. The number of rotatable bonds is 6. The van der Waals surface area contributed by atoms with E-state index >= 15 is 0 Å². The van der Waals surface area contributed by atoms with Crippen molar-refractivity contribution >= 4 is 5.69 Å². The topological polar surface area (TPSA) is 50.1 Å². The molecule has 1 fully saturated rings. The van der Waals surface area contributed by atoms with Gasteiger partial charge in [-0.1, -0.05) is 49.4 Å². The second-order valence-corrected chi connectivity index (χ2v) is 8.40. The first-order valence-corrected chi connectivity index (χ1v) is 10.6. The zero-order chi connectivity index (χ0) is 21.1. The van der Waals surface area contributed by atoms with Crippen molar-refractivity contribution in [1.82, 2.24) is 25.1 Å². The van der Waals surface area contributed by atoms with Gasteiger partial charge in [-0.25, -0.2) is 9.07 Å². The smallest absolute Gasteiger partial charge is 0.173 e. The highest BCUT2D eigenvalue weighted by atomic mass is 19.1. The summed E-state index contributed by atoms with van der Waals surface area (Å²) in [7, 11) is 0. The van der Waals surface area contributed by atoms with Gasteiger partial charge in [-0.05, 0) is 48.4 Å². The number of hydrogen-bond acceptors (Lipinski definition) is 5. The quantitative estimate of drug-likeness (QED) is 0.620. The molecule has 158 valence electrons. The molecule has 0 aliphatic carbocycles. The highest BCUT2D eigenvalue weighted by Crippen LogP contribution is 2.32. The number of nitrogens with zero attached hydrogens (tertiary/aromatic N) is 6. The SMILES string of the molecule is CCC(C)(C)n1nnnc1C(c1ccccc1)N1CCN(c2ccccc2F)CC1. The molecular weight excluding hydrogens is 379 g/mol. The molecule has 0 bridgehead atoms. The average molecular weight is 409 g/mol. The van der Waals surface area contributed by atoms with Crippen LogP contribution < -0.4 is 4.90 Å². The molecule has 3 aromatic rings. The van der Waals surface area contributed by atoms with Crippen LogP contribution >= 0.6 is 0 Å². The standard InChI is InChI=1S/C23H29FN6/c1-4-23(2,3)30-22(25-26-27-30)21(18-10-6-5-7-11-18)29-16-14-28(15-17-29)20-13-9-8-12-19(20)24/h5-13,21H,4,14-17H2,1-3H3. The minimum Gasteiger partial charge on any atom is -0.367 e. The van der Waals surface area contributed by atoms with Crippen molar-refractivity contribution in [2.45, 2.75) is 38.8 Å². The molecule has 1 aromatic heterocycles. The van der Waals surface area contributed by atoms with Crippen molar-refractivity contribution in [1.29, 1.82) is 0 Å². The molecule has 1 unspecified atom stereocenters. The lowest BCUT2D eigenvalue weighted by molar-refractivity contribution is 0.187. The van der Waals surface area contributed by atoms with Gasteiger partial charge in [-0.3, -0.25) is 4.90 Å². The fourth-order valence-electron chi connectivity index (χ4n) is 4.03. The molecular formula is C23H29FN6. The first-order valence-electron chi connectivity index (χ1n) is 10.6. The van der Waals surface area contributed by atoms with Crippen molar-refractivity contribution in [2.75, 3.05) is 31.1 Å². The lowest BCUT2D eigenvalue weighted by atomic mass is 9.99. The third-order valence-corrected chi connectivity index (χ3v) is 6.16. The van der Waals surface area contributed by atoms with Crippen molar-refractivity contribution in [3.8, 4) is 0 Å². The average Bonchev–Trinajstić information content (AvgIpc) is 3.26. The minimum atomic E-state index is -0.180. The highest BCUT2D eigenvalue weighted by Gasteiger charge is 2.34. The molecule has 4 rings (SSSR count). The van der Waals surface area contributed by atoms with E-state index in [9.17, 15) is 4.39 Å². The summed E-state index contributed by atoms with van der Waals surface area (Å²) >= 11 is 0. The van der Waals surface area contributed by atoms with Crippen molar-refractivity contribution in [2.24, 2.45) is 0 Å². The molecule has 1 aliphatic heterocycles. The minimum absolute atomic E-state index is 0.0465. The maximum absolute atomic E-state index is 14.3. The summed E-state index contributed by atoms with van der Waals surface area (Å²) in [5.41, 5.74) is 1.66. The third-order valence-electron chi connectivity index (χ3n) is 6.16. The van der Waals surface area contributed by atoms with Crippen LogP contribution in [0.4, 0.5) is 10.1 Å². The van der Waals surface area contributed by atoms with Crippen LogP contribution in [-0.4, -0.2) is 51.3 Å². The Hall–Kier alpha value is -2.80. The Balaban J connectivity index is 1.63. The van der Waals surface area contributed by atoms with Gasteiger partial charge in [0.15, 0.2) is 5.82 Å². The Morgan fingerprint density at radius 2 is 1.63 bits per heavy atom. The maximum atomic E-state index is 14.3. The summed E-state index contributed by atoms with van der Waals surface area (Å²) in [5.74, 6) is 0.687. The molecule has 1 aliphatic rings. The number of aromatic nitrogens is 4. The van der Waals surface area contributed by atoms with Crippen LogP contribution in [0.3, 0.4) is 0 Å². The first-order chi connectivity index (χ1) is 14.5. The van der Waals surface area contributed by atoms with Crippen LogP contribution in [0.5, 0.6) is 0 Å². The Labute approximate surface area is 177 Å². The predicted molar refractivity (Wildman–Crippen MR) is 116 cm³/mol. The first kappa shape index (κ1) is 20.5. The van der Waals surface area contributed by atoms with E-state index in [4.69, 9.17) is 0 Å². The van der Waals surface area contributed by atoms with E-state index in [0.717, 1.165) is 38.4 Å². The molecule has 0 spiro atoms. The summed E-state index contributed by atoms with van der Waals surface area (Å²) in [6, 6.07) is 17.3. The second kappa shape index (κ2) is 8.52. The molecule has 30 heavy (non-hydrogen) atoms. The zero-order valence-electron chi connectivity index (χ0n) is 17.9. The summed E-state index contributed by atoms with van der Waals surface area (Å²) in [5, 5.41) is 12.8. The van der Waals surface area contributed by atoms with Gasteiger partial charge >= 0.3 is 0 Å². The summed E-state index contributed by atoms with van der Waals surface area (Å²) in [6.07, 6.45) is 0.924. The van der Waals surface area contributed by atoms with E-state index in [1.807, 2.05) is 22.9 Å². The van der Waals surface area contributed by atoms with E-state index in [0.29, 0.717) is 5.69 Å². The summed E-state index contributed by atoms with van der Waals surface area (Å²) in [4.78, 5) is 4.52. The zero-order valence-corrected chi connectivity index (χ0v) is 17.9. The summed E-state index contributed by atoms with van der Waals surface area (Å²) in [6.45, 7) is 9.57. The lowest BCUT2D eigenvalue weighted by Gasteiger charge is -2.40. The molecule has 0 N–H and O–H groups in total. The molecule has 1 saturated heterocycles. The van der Waals surface area contributed by atoms with E-state index in [2.05, 4.69) is 70.4 Å². The van der Waals surface area contributed by atoms with Gasteiger partial charge in [0.2, 0.25) is 0 Å². The number of piperazine rings is 1. The van der Waals surface area contributed by atoms with Crippen LogP contribution in [0.2, 0.25) is 0 Å². The molecule has 7 heteroatoms. The van der Waals surface area contributed by atoms with Crippen LogP contribution in [0.25, 0.3) is 0 Å². The van der Waals surface area contributed by atoms with E-state index in [1.54, 1.807) is 6.07 Å². The van der Waals surface area contributed by atoms with Crippen LogP contribution in [0.15, 0.2) is 54.6 Å². The highest BCUT2D eigenvalue weighted by molar-refractivity contribution is 5.48. The predicted octanol–water partition coefficient (Wildman–Crippen LogP) is 3.87. The largest absolute Gasteiger partial charge is 0.367 e. The number of halogens is 1. The van der Waals surface area contributed by atoms with Crippen LogP contribution in [0.1, 0.15) is 44.6 Å². The Bertz CT molecular complexity index is 963. The van der Waals surface area contributed by atoms with E-state index in [-0.39, 0.29) is 17.4 Å². The summed E-state index contributed by atoms with van der Waals surface area (Å²) < 4.78 is 16.2. The molecule has 2 heterocycles. The van der Waals surface area contributed by atoms with Crippen molar-refractivity contribution < 1.29 is 4.39 Å². The van der Waals surface area contributed by atoms with E-state index < -0.39 is 0 Å². The Kier molecular flexibility index (Phi) is 5.81. The number of benzene rings is 2. The molecule has 1 atom stereocenters. The van der Waals surface area contributed by atoms with Crippen LogP contribution in [-0.2, 0) is 5.54 Å². The van der Waals surface area contributed by atoms with Gasteiger partial charge < -0.3 is 4.90 Å². The lowest BCUT2D eigenvalue weighted by Crippen LogP contribution is -2.49. The number of anilines is 1. The molecule has 0 radical (unpaired) electrons. The number of hydrogen-bond donors (Lipinski definition) is 0. The fourth-order valence-corrected chi connectivity index (χ4v) is 4.03. The van der Waals surface area contributed by atoms with Gasteiger partial charge in [-0.2, -0.15) is 0 Å². The van der Waals surface area contributed by atoms with Gasteiger partial charge in [0, 0.05) is 26.2 Å². The van der Waals surface area contributed by atoms with Gasteiger partial charge in [0.1, 0.15) is 5.82 Å². The third kappa shape index (κ3) is 3.94. The number of para-hydroxylation sites is 1.